The van der Waals surface area contributed by atoms with Crippen molar-refractivity contribution in [3.8, 4) is 5.75 Å². The summed E-state index contributed by atoms with van der Waals surface area (Å²) in [5.41, 5.74) is 2.30. The highest BCUT2D eigenvalue weighted by Gasteiger charge is 2.35. The monoisotopic (exact) mass is 490 g/mol. The van der Waals surface area contributed by atoms with E-state index < -0.39 is 6.23 Å². The molecule has 1 aliphatic rings. The second-order valence-electron chi connectivity index (χ2n) is 7.83. The summed E-state index contributed by atoms with van der Waals surface area (Å²) < 4.78 is 12.4. The number of ether oxygens (including phenoxy) is 2. The van der Waals surface area contributed by atoms with Crippen LogP contribution in [-0.4, -0.2) is 16.8 Å². The molecule has 0 N–H and O–H groups in total. The lowest BCUT2D eigenvalue weighted by atomic mass is 10.1. The number of carbonyl (C=O) groups excluding carboxylic acids is 1. The number of benzene rings is 4. The number of hydrogen-bond donors (Lipinski definition) is 0. The van der Waals surface area contributed by atoms with E-state index in [2.05, 4.69) is 23.3 Å². The Balaban J connectivity index is 1.44. The molecular formula is C27H20Cl2N2O3. The average Bonchev–Trinajstić information content (AvgIpc) is 3.28. The van der Waals surface area contributed by atoms with Crippen molar-refractivity contribution in [1.29, 1.82) is 0 Å². The minimum atomic E-state index is -0.789. The first-order valence-electron chi connectivity index (χ1n) is 10.7. The summed E-state index contributed by atoms with van der Waals surface area (Å²) in [7, 11) is 0. The van der Waals surface area contributed by atoms with Gasteiger partial charge in [-0.3, -0.25) is 4.79 Å². The molecule has 7 heteroatoms. The zero-order valence-electron chi connectivity index (χ0n) is 18.2. The van der Waals surface area contributed by atoms with Crippen LogP contribution in [-0.2, 0) is 16.1 Å². The summed E-state index contributed by atoms with van der Waals surface area (Å²) in [4.78, 5) is 12.4. The van der Waals surface area contributed by atoms with Crippen molar-refractivity contribution in [2.24, 2.45) is 5.10 Å². The van der Waals surface area contributed by atoms with Crippen LogP contribution in [0.4, 0.5) is 0 Å². The molecule has 34 heavy (non-hydrogen) atoms. The fourth-order valence-corrected chi connectivity index (χ4v) is 4.42. The molecule has 1 atom stereocenters. The van der Waals surface area contributed by atoms with E-state index in [0.717, 1.165) is 16.3 Å². The third-order valence-electron chi connectivity index (χ3n) is 5.58. The molecule has 0 aliphatic carbocycles. The largest absolute Gasteiger partial charge is 0.488 e. The van der Waals surface area contributed by atoms with Crippen LogP contribution >= 0.6 is 23.2 Å². The number of halogens is 2. The maximum absolute atomic E-state index is 12.4. The number of para-hydroxylation sites is 1. The predicted molar refractivity (Wildman–Crippen MR) is 134 cm³/mol. The number of hydrogen-bond acceptors (Lipinski definition) is 4. The van der Waals surface area contributed by atoms with E-state index in [1.165, 1.54) is 11.9 Å². The first-order valence-corrected chi connectivity index (χ1v) is 11.5. The van der Waals surface area contributed by atoms with Gasteiger partial charge in [0.05, 0.1) is 16.1 Å². The van der Waals surface area contributed by atoms with Gasteiger partial charge in [0.25, 0.3) is 0 Å². The summed E-state index contributed by atoms with van der Waals surface area (Å²) >= 11 is 12.4. The highest BCUT2D eigenvalue weighted by Crippen LogP contribution is 2.37. The van der Waals surface area contributed by atoms with E-state index in [1.807, 2.05) is 48.5 Å². The third-order valence-corrected chi connectivity index (χ3v) is 6.12. The molecular weight excluding hydrogens is 471 g/mol. The van der Waals surface area contributed by atoms with Crippen LogP contribution in [0.3, 0.4) is 0 Å². The van der Waals surface area contributed by atoms with E-state index in [1.54, 1.807) is 18.2 Å². The van der Waals surface area contributed by atoms with Gasteiger partial charge in [0.1, 0.15) is 12.4 Å². The molecule has 0 saturated carbocycles. The van der Waals surface area contributed by atoms with Gasteiger partial charge < -0.3 is 9.47 Å². The van der Waals surface area contributed by atoms with Gasteiger partial charge >= 0.3 is 0 Å². The molecule has 0 radical (unpaired) electrons. The standard InChI is InChI=1S/C27H20Cl2N2O3/c1-17(32)31-27(34-26(30-31)22-14-13-20(28)15-24(22)29)23-11-4-5-12-25(23)33-16-19-9-6-8-18-7-2-3-10-21(18)19/h2-15,27H,16H2,1H3/t27-/m0/s1. The Kier molecular flexibility index (Phi) is 6.14. The average molecular weight is 491 g/mol. The molecule has 4 aromatic carbocycles. The number of amides is 1. The molecule has 0 bridgehead atoms. The number of hydrazone groups is 1. The van der Waals surface area contributed by atoms with Gasteiger partial charge in [0, 0.05) is 11.9 Å². The fraction of sp³-hybridized carbons (Fsp3) is 0.111. The van der Waals surface area contributed by atoms with Gasteiger partial charge in [-0.25, -0.2) is 0 Å². The van der Waals surface area contributed by atoms with E-state index in [0.29, 0.717) is 33.5 Å². The highest BCUT2D eigenvalue weighted by molar-refractivity contribution is 6.36. The van der Waals surface area contributed by atoms with Crippen molar-refractivity contribution in [3.63, 3.8) is 0 Å². The van der Waals surface area contributed by atoms with Crippen LogP contribution in [0.5, 0.6) is 5.75 Å². The molecule has 0 aromatic heterocycles. The van der Waals surface area contributed by atoms with Gasteiger partial charge in [-0.15, -0.1) is 5.10 Å². The lowest BCUT2D eigenvalue weighted by Crippen LogP contribution is -2.25. The Morgan fingerprint density at radius 1 is 1.00 bits per heavy atom. The van der Waals surface area contributed by atoms with E-state index in [9.17, 15) is 4.79 Å². The zero-order chi connectivity index (χ0) is 23.7. The Morgan fingerprint density at radius 3 is 2.59 bits per heavy atom. The molecule has 170 valence electrons. The minimum absolute atomic E-state index is 0.241. The van der Waals surface area contributed by atoms with Crippen molar-refractivity contribution in [3.05, 3.63) is 112 Å². The number of nitrogens with zero attached hydrogens (tertiary/aromatic N) is 2. The first kappa shape index (κ1) is 22.3. The number of carbonyl (C=O) groups is 1. The highest BCUT2D eigenvalue weighted by atomic mass is 35.5. The van der Waals surface area contributed by atoms with E-state index in [4.69, 9.17) is 32.7 Å². The van der Waals surface area contributed by atoms with Gasteiger partial charge in [0.15, 0.2) is 0 Å². The van der Waals surface area contributed by atoms with Gasteiger partial charge in [-0.1, -0.05) is 77.8 Å². The quantitative estimate of drug-likeness (QED) is 0.303. The van der Waals surface area contributed by atoms with Crippen molar-refractivity contribution in [2.45, 2.75) is 19.8 Å². The first-order chi connectivity index (χ1) is 16.5. The Hall–Kier alpha value is -3.54. The SMILES string of the molecule is CC(=O)N1N=C(c2ccc(Cl)cc2Cl)O[C@H]1c1ccccc1OCc1cccc2ccccc12. The Labute approximate surface area is 207 Å². The number of rotatable bonds is 5. The minimum Gasteiger partial charge on any atom is -0.488 e. The second-order valence-corrected chi connectivity index (χ2v) is 8.67. The normalized spacial score (nSPS) is 15.2. The number of fused-ring (bicyclic) bond motifs is 1. The predicted octanol–water partition coefficient (Wildman–Crippen LogP) is 6.96. The summed E-state index contributed by atoms with van der Waals surface area (Å²) in [5, 5.41) is 8.86. The van der Waals surface area contributed by atoms with E-state index >= 15 is 0 Å². The van der Waals surface area contributed by atoms with Crippen LogP contribution in [0.25, 0.3) is 10.8 Å². The zero-order valence-corrected chi connectivity index (χ0v) is 19.8. The summed E-state index contributed by atoms with van der Waals surface area (Å²) in [6.07, 6.45) is -0.789. The maximum atomic E-state index is 12.4. The van der Waals surface area contributed by atoms with Crippen LogP contribution in [0.2, 0.25) is 10.0 Å². The van der Waals surface area contributed by atoms with Crippen molar-refractivity contribution in [2.75, 3.05) is 0 Å². The van der Waals surface area contributed by atoms with Crippen molar-refractivity contribution in [1.82, 2.24) is 5.01 Å². The maximum Gasteiger partial charge on any atom is 0.243 e. The molecule has 5 nitrogen and oxygen atoms in total. The molecule has 0 saturated heterocycles. The lowest BCUT2D eigenvalue weighted by molar-refractivity contribution is -0.135. The summed E-state index contributed by atoms with van der Waals surface area (Å²) in [6, 6.07) is 26.8. The van der Waals surface area contributed by atoms with Crippen LogP contribution in [0, 0.1) is 0 Å². The molecule has 1 amide bonds. The van der Waals surface area contributed by atoms with Crippen LogP contribution < -0.4 is 4.74 Å². The van der Waals surface area contributed by atoms with Crippen molar-refractivity contribution < 1.29 is 14.3 Å². The second kappa shape index (κ2) is 9.37. The van der Waals surface area contributed by atoms with Crippen LogP contribution in [0.15, 0.2) is 90.0 Å². The van der Waals surface area contributed by atoms with Gasteiger partial charge in [-0.2, -0.15) is 5.01 Å². The molecule has 1 heterocycles. The fourth-order valence-electron chi connectivity index (χ4n) is 3.93. The van der Waals surface area contributed by atoms with Gasteiger partial charge in [0.2, 0.25) is 18.0 Å². The molecule has 5 rings (SSSR count). The van der Waals surface area contributed by atoms with E-state index in [-0.39, 0.29) is 11.8 Å². The topological polar surface area (TPSA) is 51.1 Å². The van der Waals surface area contributed by atoms with Crippen molar-refractivity contribution >= 4 is 45.8 Å². The van der Waals surface area contributed by atoms with Gasteiger partial charge in [-0.05, 0) is 46.7 Å². The summed E-state index contributed by atoms with van der Waals surface area (Å²) in [5.74, 6) is 0.574. The smallest absolute Gasteiger partial charge is 0.243 e. The molecule has 0 fully saturated rings. The molecule has 1 aliphatic heterocycles. The van der Waals surface area contributed by atoms with Crippen LogP contribution in [0.1, 0.15) is 29.8 Å². The third kappa shape index (κ3) is 4.32. The Morgan fingerprint density at radius 2 is 1.76 bits per heavy atom. The summed E-state index contributed by atoms with van der Waals surface area (Å²) in [6.45, 7) is 1.80. The molecule has 0 spiro atoms. The molecule has 4 aromatic rings. The molecule has 0 unspecified atom stereocenters. The Bertz CT molecular complexity index is 1410. The lowest BCUT2D eigenvalue weighted by Gasteiger charge is -2.22.